The van der Waals surface area contributed by atoms with Gasteiger partial charge < -0.3 is 9.84 Å². The van der Waals surface area contributed by atoms with Crippen molar-refractivity contribution < 1.29 is 14.6 Å². The highest BCUT2D eigenvalue weighted by Gasteiger charge is 2.14. The number of benzene rings is 1. The van der Waals surface area contributed by atoms with Crippen LogP contribution in [0.1, 0.15) is 32.9 Å². The van der Waals surface area contributed by atoms with E-state index in [-0.39, 0.29) is 4.88 Å². The van der Waals surface area contributed by atoms with Gasteiger partial charge in [0.05, 0.1) is 5.69 Å². The zero-order valence-electron chi connectivity index (χ0n) is 10.8. The third-order valence-electron chi connectivity index (χ3n) is 2.73. The van der Waals surface area contributed by atoms with Crippen molar-refractivity contribution in [3.05, 3.63) is 45.4 Å². The number of nitrogens with zero attached hydrogens (tertiary/aromatic N) is 1. The van der Waals surface area contributed by atoms with E-state index in [1.807, 2.05) is 24.3 Å². The average molecular weight is 277 g/mol. The molecule has 2 rings (SSSR count). The largest absolute Gasteiger partial charge is 0.486 e. The smallest absolute Gasteiger partial charge is 0.347 e. The lowest BCUT2D eigenvalue weighted by atomic mass is 10.2. The van der Waals surface area contributed by atoms with Crippen molar-refractivity contribution in [3.63, 3.8) is 0 Å². The summed E-state index contributed by atoms with van der Waals surface area (Å²) in [6, 6.07) is 7.87. The van der Waals surface area contributed by atoms with Gasteiger partial charge in [-0.05, 0) is 31.0 Å². The van der Waals surface area contributed by atoms with Crippen molar-refractivity contribution >= 4 is 17.3 Å². The molecule has 4 nitrogen and oxygen atoms in total. The molecule has 0 spiro atoms. The Kier molecular flexibility index (Phi) is 4.16. The molecule has 1 aromatic heterocycles. The van der Waals surface area contributed by atoms with Gasteiger partial charge in [-0.2, -0.15) is 0 Å². The molecule has 0 aliphatic carbocycles. The molecule has 0 aliphatic heterocycles. The number of carbonyl (C=O) groups is 1. The molecule has 0 aliphatic rings. The molecule has 0 unspecified atom stereocenters. The summed E-state index contributed by atoms with van der Waals surface area (Å²) in [6.07, 6.45) is 0.994. The monoisotopic (exact) mass is 277 g/mol. The normalized spacial score (nSPS) is 10.4. The van der Waals surface area contributed by atoms with Gasteiger partial charge in [-0.3, -0.25) is 0 Å². The van der Waals surface area contributed by atoms with Crippen molar-refractivity contribution in [2.24, 2.45) is 0 Å². The molecule has 0 atom stereocenters. The zero-order chi connectivity index (χ0) is 13.8. The minimum absolute atomic E-state index is 0.278. The second-order valence-corrected chi connectivity index (χ2v) is 5.20. The number of aryl methyl sites for hydroxylation is 2. The second kappa shape index (κ2) is 5.84. The zero-order valence-corrected chi connectivity index (χ0v) is 11.7. The van der Waals surface area contributed by atoms with E-state index >= 15 is 0 Å². The number of rotatable bonds is 5. The van der Waals surface area contributed by atoms with Crippen molar-refractivity contribution in [1.29, 1.82) is 0 Å². The van der Waals surface area contributed by atoms with E-state index in [1.54, 1.807) is 6.92 Å². The highest BCUT2D eigenvalue weighted by atomic mass is 32.1. The van der Waals surface area contributed by atoms with Crippen LogP contribution < -0.4 is 4.74 Å². The lowest BCUT2D eigenvalue weighted by Gasteiger charge is -2.04. The topological polar surface area (TPSA) is 59.4 Å². The van der Waals surface area contributed by atoms with Crippen molar-refractivity contribution in [3.8, 4) is 5.75 Å². The molecule has 0 amide bonds. The molecule has 0 radical (unpaired) electrons. The fourth-order valence-corrected chi connectivity index (χ4v) is 2.50. The Morgan fingerprint density at radius 2 is 2.05 bits per heavy atom. The number of ether oxygens (including phenoxy) is 1. The molecule has 0 saturated carbocycles. The first-order chi connectivity index (χ1) is 9.10. The summed E-state index contributed by atoms with van der Waals surface area (Å²) < 4.78 is 5.59. The molecule has 2 aromatic rings. The number of aromatic nitrogens is 1. The van der Waals surface area contributed by atoms with Gasteiger partial charge in [0.25, 0.3) is 0 Å². The molecule has 19 heavy (non-hydrogen) atoms. The molecule has 5 heteroatoms. The summed E-state index contributed by atoms with van der Waals surface area (Å²) in [5, 5.41) is 9.63. The lowest BCUT2D eigenvalue weighted by Crippen LogP contribution is -1.95. The Morgan fingerprint density at radius 1 is 1.37 bits per heavy atom. The molecule has 1 aromatic carbocycles. The highest BCUT2D eigenvalue weighted by molar-refractivity contribution is 7.13. The van der Waals surface area contributed by atoms with E-state index in [9.17, 15) is 4.79 Å². The number of carboxylic acids is 1. The molecular weight excluding hydrogens is 262 g/mol. The Morgan fingerprint density at radius 3 is 2.58 bits per heavy atom. The van der Waals surface area contributed by atoms with Crippen LogP contribution in [0.25, 0.3) is 0 Å². The summed E-state index contributed by atoms with van der Waals surface area (Å²) >= 11 is 1.16. The number of hydrogen-bond donors (Lipinski definition) is 1. The van der Waals surface area contributed by atoms with Crippen LogP contribution >= 0.6 is 11.3 Å². The third-order valence-corrected chi connectivity index (χ3v) is 3.85. The van der Waals surface area contributed by atoms with E-state index in [0.29, 0.717) is 17.3 Å². The molecule has 1 heterocycles. The number of hydrogen-bond acceptors (Lipinski definition) is 4. The summed E-state index contributed by atoms with van der Waals surface area (Å²) in [4.78, 5) is 15.4. The van der Waals surface area contributed by atoms with Gasteiger partial charge in [0, 0.05) is 0 Å². The van der Waals surface area contributed by atoms with Crippen LogP contribution in [0.2, 0.25) is 0 Å². The van der Waals surface area contributed by atoms with Crippen LogP contribution in [0.15, 0.2) is 24.3 Å². The first-order valence-electron chi connectivity index (χ1n) is 6.01. The van der Waals surface area contributed by atoms with Crippen molar-refractivity contribution in [1.82, 2.24) is 4.98 Å². The van der Waals surface area contributed by atoms with Gasteiger partial charge >= 0.3 is 5.97 Å². The van der Waals surface area contributed by atoms with E-state index in [1.165, 1.54) is 5.56 Å². The second-order valence-electron chi connectivity index (χ2n) is 4.11. The molecule has 1 N–H and O–H groups in total. The van der Waals surface area contributed by atoms with Gasteiger partial charge in [-0.15, -0.1) is 11.3 Å². The highest BCUT2D eigenvalue weighted by Crippen LogP contribution is 2.20. The van der Waals surface area contributed by atoms with Gasteiger partial charge in [-0.25, -0.2) is 9.78 Å². The lowest BCUT2D eigenvalue weighted by molar-refractivity contribution is 0.0701. The summed E-state index contributed by atoms with van der Waals surface area (Å²) in [5.74, 6) is -0.171. The summed E-state index contributed by atoms with van der Waals surface area (Å²) in [5.41, 5.74) is 1.79. The third kappa shape index (κ3) is 3.32. The number of aromatic carboxylic acids is 1. The fraction of sp³-hybridized carbons (Fsp3) is 0.286. The van der Waals surface area contributed by atoms with Crippen LogP contribution in [0.5, 0.6) is 5.75 Å². The Labute approximate surface area is 115 Å². The van der Waals surface area contributed by atoms with E-state index in [0.717, 1.165) is 23.5 Å². The first kappa shape index (κ1) is 13.5. The molecule has 0 fully saturated rings. The summed E-state index contributed by atoms with van der Waals surface area (Å²) in [6.45, 7) is 4.09. The standard InChI is InChI=1S/C14H15NO3S/c1-3-10-4-6-11(7-5-10)18-8-12-15-9(2)13(19-12)14(16)17/h4-7H,3,8H2,1-2H3,(H,16,17). The molecule has 100 valence electrons. The van der Waals surface area contributed by atoms with Gasteiger partial charge in [0.15, 0.2) is 0 Å². The van der Waals surface area contributed by atoms with Crippen LogP contribution in [0.4, 0.5) is 0 Å². The van der Waals surface area contributed by atoms with Gasteiger partial charge in [0.1, 0.15) is 22.2 Å². The minimum Gasteiger partial charge on any atom is -0.486 e. The minimum atomic E-state index is -0.937. The SMILES string of the molecule is CCc1ccc(OCc2nc(C)c(C(=O)O)s2)cc1. The van der Waals surface area contributed by atoms with E-state index < -0.39 is 5.97 Å². The van der Waals surface area contributed by atoms with Crippen LogP contribution in [0.3, 0.4) is 0 Å². The molecule has 0 saturated heterocycles. The van der Waals surface area contributed by atoms with Crippen LogP contribution in [-0.2, 0) is 13.0 Å². The predicted molar refractivity (Wildman–Crippen MR) is 74.0 cm³/mol. The Hall–Kier alpha value is -1.88. The van der Waals surface area contributed by atoms with Gasteiger partial charge in [0.2, 0.25) is 0 Å². The maximum absolute atomic E-state index is 10.9. The first-order valence-corrected chi connectivity index (χ1v) is 6.83. The number of carboxylic acid groups (broad SMARTS) is 1. The predicted octanol–water partition coefficient (Wildman–Crippen LogP) is 3.29. The van der Waals surface area contributed by atoms with E-state index in [4.69, 9.17) is 9.84 Å². The summed E-state index contributed by atoms with van der Waals surface area (Å²) in [7, 11) is 0. The average Bonchev–Trinajstić information content (AvgIpc) is 2.78. The van der Waals surface area contributed by atoms with Crippen LogP contribution in [-0.4, -0.2) is 16.1 Å². The van der Waals surface area contributed by atoms with Gasteiger partial charge in [-0.1, -0.05) is 19.1 Å². The number of thiazole rings is 1. The van der Waals surface area contributed by atoms with Crippen molar-refractivity contribution in [2.45, 2.75) is 26.9 Å². The Bertz CT molecular complexity index is 575. The Balaban J connectivity index is 2.01. The fourth-order valence-electron chi connectivity index (χ4n) is 1.68. The molecule has 0 bridgehead atoms. The molecular formula is C14H15NO3S. The van der Waals surface area contributed by atoms with Crippen molar-refractivity contribution in [2.75, 3.05) is 0 Å². The maximum Gasteiger partial charge on any atom is 0.347 e. The maximum atomic E-state index is 10.9. The quantitative estimate of drug-likeness (QED) is 0.911. The van der Waals surface area contributed by atoms with E-state index in [2.05, 4.69) is 11.9 Å². The van der Waals surface area contributed by atoms with Crippen LogP contribution in [0, 0.1) is 6.92 Å².